The van der Waals surface area contributed by atoms with Gasteiger partial charge in [-0.05, 0) is 49.8 Å². The van der Waals surface area contributed by atoms with Gasteiger partial charge in [0.05, 0.1) is 23.0 Å². The first-order valence-corrected chi connectivity index (χ1v) is 10.5. The van der Waals surface area contributed by atoms with Gasteiger partial charge in [-0.25, -0.2) is 9.79 Å². The average Bonchev–Trinajstić information content (AvgIpc) is 3.49. The molecule has 31 heavy (non-hydrogen) atoms. The highest BCUT2D eigenvalue weighted by atomic mass is 32.1. The van der Waals surface area contributed by atoms with Gasteiger partial charge >= 0.3 is 5.97 Å². The molecule has 9 heteroatoms. The van der Waals surface area contributed by atoms with Gasteiger partial charge < -0.3 is 18.6 Å². The van der Waals surface area contributed by atoms with Crippen molar-refractivity contribution in [1.82, 2.24) is 4.57 Å². The minimum absolute atomic E-state index is 0.183. The van der Waals surface area contributed by atoms with E-state index >= 15 is 0 Å². The van der Waals surface area contributed by atoms with Crippen LogP contribution in [0.25, 0.3) is 11.8 Å². The number of nitrogens with zero attached hydrogens (tertiary/aromatic N) is 2. The van der Waals surface area contributed by atoms with Gasteiger partial charge in [-0.3, -0.25) is 9.36 Å². The third-order valence-electron chi connectivity index (χ3n) is 5.05. The summed E-state index contributed by atoms with van der Waals surface area (Å²) < 4.78 is 23.4. The highest BCUT2D eigenvalue weighted by molar-refractivity contribution is 7.07. The van der Waals surface area contributed by atoms with Crippen molar-refractivity contribution in [2.24, 2.45) is 4.99 Å². The second-order valence-corrected chi connectivity index (χ2v) is 7.92. The van der Waals surface area contributed by atoms with E-state index in [2.05, 4.69) is 4.99 Å². The molecule has 0 fully saturated rings. The molecular weight excluding hydrogens is 420 g/mol. The van der Waals surface area contributed by atoms with Crippen LogP contribution in [-0.4, -0.2) is 23.9 Å². The maximum Gasteiger partial charge on any atom is 0.338 e. The first kappa shape index (κ1) is 19.4. The second-order valence-electron chi connectivity index (χ2n) is 6.91. The largest absolute Gasteiger partial charge is 0.467 e. The van der Waals surface area contributed by atoms with E-state index < -0.39 is 12.0 Å². The zero-order chi connectivity index (χ0) is 21.5. The van der Waals surface area contributed by atoms with E-state index in [4.69, 9.17) is 18.6 Å². The van der Waals surface area contributed by atoms with Crippen molar-refractivity contribution in [1.29, 1.82) is 0 Å². The summed E-state index contributed by atoms with van der Waals surface area (Å²) in [6.45, 7) is 3.85. The summed E-state index contributed by atoms with van der Waals surface area (Å²) in [6.07, 6.45) is 3.30. The van der Waals surface area contributed by atoms with Crippen LogP contribution in [0.1, 0.15) is 31.2 Å². The van der Waals surface area contributed by atoms with Crippen molar-refractivity contribution in [3.8, 4) is 11.5 Å². The summed E-state index contributed by atoms with van der Waals surface area (Å²) in [7, 11) is 0. The van der Waals surface area contributed by atoms with Gasteiger partial charge in [-0.2, -0.15) is 0 Å². The van der Waals surface area contributed by atoms with Crippen molar-refractivity contribution >= 4 is 29.1 Å². The van der Waals surface area contributed by atoms with Crippen LogP contribution in [0.4, 0.5) is 0 Å². The van der Waals surface area contributed by atoms with Gasteiger partial charge in [0.15, 0.2) is 16.3 Å². The van der Waals surface area contributed by atoms with E-state index in [1.807, 2.05) is 12.1 Å². The molecule has 0 N–H and O–H groups in total. The Morgan fingerprint density at radius 2 is 2.16 bits per heavy atom. The molecular formula is C22H18N2O6S. The monoisotopic (exact) mass is 438 g/mol. The second kappa shape index (κ2) is 7.59. The minimum Gasteiger partial charge on any atom is -0.467 e. The van der Waals surface area contributed by atoms with Crippen LogP contribution < -0.4 is 24.4 Å². The highest BCUT2D eigenvalue weighted by Crippen LogP contribution is 2.33. The summed E-state index contributed by atoms with van der Waals surface area (Å²) in [5.41, 5.74) is 1.32. The summed E-state index contributed by atoms with van der Waals surface area (Å²) >= 11 is 1.25. The van der Waals surface area contributed by atoms with E-state index in [1.54, 1.807) is 38.1 Å². The number of allylic oxidation sites excluding steroid dienone is 1. The molecule has 1 aromatic carbocycles. The van der Waals surface area contributed by atoms with Gasteiger partial charge in [0.1, 0.15) is 11.8 Å². The molecule has 8 nitrogen and oxygen atoms in total. The predicted molar refractivity (Wildman–Crippen MR) is 112 cm³/mol. The smallest absolute Gasteiger partial charge is 0.338 e. The molecule has 2 aliphatic rings. The number of hydrogen-bond donors (Lipinski definition) is 0. The van der Waals surface area contributed by atoms with Crippen molar-refractivity contribution in [2.75, 3.05) is 13.4 Å². The number of rotatable bonds is 4. The first-order chi connectivity index (χ1) is 15.1. The number of ether oxygens (including phenoxy) is 3. The molecule has 1 atom stereocenters. The molecule has 0 saturated carbocycles. The fourth-order valence-electron chi connectivity index (χ4n) is 3.62. The number of furan rings is 1. The number of esters is 1. The maximum absolute atomic E-state index is 13.2. The third kappa shape index (κ3) is 3.27. The van der Waals surface area contributed by atoms with E-state index in [0.29, 0.717) is 37.9 Å². The van der Waals surface area contributed by atoms with Crippen LogP contribution in [0, 0.1) is 0 Å². The van der Waals surface area contributed by atoms with Gasteiger partial charge in [0.25, 0.3) is 5.56 Å². The Labute approximate surface area is 180 Å². The number of benzene rings is 1. The van der Waals surface area contributed by atoms with Crippen LogP contribution >= 0.6 is 11.3 Å². The van der Waals surface area contributed by atoms with Crippen LogP contribution in [0.2, 0.25) is 0 Å². The third-order valence-corrected chi connectivity index (χ3v) is 6.03. The van der Waals surface area contributed by atoms with Crippen LogP contribution in [0.5, 0.6) is 11.5 Å². The molecule has 0 spiro atoms. The number of thiazole rings is 1. The number of hydrogen-bond acceptors (Lipinski definition) is 8. The summed E-state index contributed by atoms with van der Waals surface area (Å²) in [4.78, 5) is 31.1. The maximum atomic E-state index is 13.2. The Kier molecular flexibility index (Phi) is 4.74. The fourth-order valence-corrected chi connectivity index (χ4v) is 4.66. The van der Waals surface area contributed by atoms with Gasteiger partial charge in [0, 0.05) is 5.70 Å². The molecule has 0 bridgehead atoms. The zero-order valence-corrected chi connectivity index (χ0v) is 17.6. The highest BCUT2D eigenvalue weighted by Gasteiger charge is 2.32. The fraction of sp³-hybridized carbons (Fsp3) is 0.227. The van der Waals surface area contributed by atoms with Gasteiger partial charge in [0.2, 0.25) is 6.79 Å². The lowest BCUT2D eigenvalue weighted by molar-refractivity contribution is -0.138. The van der Waals surface area contributed by atoms with Crippen LogP contribution in [-0.2, 0) is 9.53 Å². The molecule has 0 amide bonds. The van der Waals surface area contributed by atoms with Crippen molar-refractivity contribution < 1.29 is 23.4 Å². The van der Waals surface area contributed by atoms with Crippen molar-refractivity contribution in [3.05, 3.63) is 73.2 Å². The summed E-state index contributed by atoms with van der Waals surface area (Å²) in [5.74, 6) is 1.30. The summed E-state index contributed by atoms with van der Waals surface area (Å²) in [5, 5.41) is 0. The van der Waals surface area contributed by atoms with E-state index in [-0.39, 0.29) is 19.0 Å². The zero-order valence-electron chi connectivity index (χ0n) is 16.8. The molecule has 158 valence electrons. The van der Waals surface area contributed by atoms with E-state index in [9.17, 15) is 9.59 Å². The standard InChI is InChI=1S/C22H18N2O6S/c1-3-27-21(26)18-12(2)24-20(25)17(10-13-6-7-14-16(9-13)30-11-29-14)31-22(24)23-19(18)15-5-4-8-28-15/h4-10,19H,3,11H2,1-2H3/b17-10-/t19-/m1/s1. The molecule has 3 aromatic rings. The molecule has 4 heterocycles. The molecule has 2 aromatic heterocycles. The van der Waals surface area contributed by atoms with E-state index in [0.717, 1.165) is 5.56 Å². The minimum atomic E-state index is -0.675. The van der Waals surface area contributed by atoms with Crippen LogP contribution in [0.3, 0.4) is 0 Å². The quantitative estimate of drug-likeness (QED) is 0.580. The lowest BCUT2D eigenvalue weighted by Gasteiger charge is -2.20. The average molecular weight is 438 g/mol. The number of aromatic nitrogens is 1. The SMILES string of the molecule is CCOC(=O)C1=C(C)n2c(s/c(=C\c3ccc4c(c3)OCO4)c2=O)=N[C@@H]1c1ccco1. The Bertz CT molecular complexity index is 1380. The molecule has 0 radical (unpaired) electrons. The summed E-state index contributed by atoms with van der Waals surface area (Å²) in [6, 6.07) is 8.29. The Morgan fingerprint density at radius 1 is 1.32 bits per heavy atom. The Morgan fingerprint density at radius 3 is 2.94 bits per heavy atom. The molecule has 5 rings (SSSR count). The van der Waals surface area contributed by atoms with Crippen LogP contribution in [0.15, 0.2) is 56.4 Å². The number of carbonyl (C=O) groups excluding carboxylic acids is 1. The lowest BCUT2D eigenvalue weighted by atomic mass is 10.0. The molecule has 0 saturated heterocycles. The molecule has 0 aliphatic carbocycles. The van der Waals surface area contributed by atoms with Crippen molar-refractivity contribution in [2.45, 2.75) is 19.9 Å². The normalized spacial score (nSPS) is 17.5. The van der Waals surface area contributed by atoms with Crippen molar-refractivity contribution in [3.63, 3.8) is 0 Å². The Balaban J connectivity index is 1.68. The topological polar surface area (TPSA) is 92.3 Å². The van der Waals surface area contributed by atoms with E-state index in [1.165, 1.54) is 22.2 Å². The predicted octanol–water partition coefficient (Wildman–Crippen LogP) is 2.23. The molecule has 2 aliphatic heterocycles. The molecule has 0 unspecified atom stereocenters. The number of carbonyl (C=O) groups is 1. The first-order valence-electron chi connectivity index (χ1n) is 9.69. The van der Waals surface area contributed by atoms with Gasteiger partial charge in [-0.1, -0.05) is 17.4 Å². The van der Waals surface area contributed by atoms with Gasteiger partial charge in [-0.15, -0.1) is 0 Å². The lowest BCUT2D eigenvalue weighted by Crippen LogP contribution is -2.35. The Hall–Kier alpha value is -3.59. The number of fused-ring (bicyclic) bond motifs is 2.